The van der Waals surface area contributed by atoms with Crippen molar-refractivity contribution < 1.29 is 9.59 Å². The van der Waals surface area contributed by atoms with Crippen LogP contribution in [0.15, 0.2) is 24.3 Å². The monoisotopic (exact) mass is 303 g/mol. The van der Waals surface area contributed by atoms with E-state index in [0.29, 0.717) is 17.9 Å². The number of anilines is 1. The molecule has 0 radical (unpaired) electrons. The number of nitrogens with one attached hydrogen (secondary N) is 2. The van der Waals surface area contributed by atoms with Crippen LogP contribution in [0, 0.1) is 5.92 Å². The number of benzene rings is 1. The van der Waals surface area contributed by atoms with Crippen LogP contribution in [-0.4, -0.2) is 43.9 Å². The number of carbonyl (C=O) groups is 2. The van der Waals surface area contributed by atoms with Crippen LogP contribution in [0.2, 0.25) is 0 Å². The van der Waals surface area contributed by atoms with Crippen LogP contribution < -0.4 is 10.6 Å². The zero-order chi connectivity index (χ0) is 15.9. The van der Waals surface area contributed by atoms with Gasteiger partial charge in [0.2, 0.25) is 5.91 Å². The highest BCUT2D eigenvalue weighted by molar-refractivity contribution is 5.95. The van der Waals surface area contributed by atoms with Gasteiger partial charge in [-0.1, -0.05) is 0 Å². The van der Waals surface area contributed by atoms with Gasteiger partial charge in [0.1, 0.15) is 0 Å². The summed E-state index contributed by atoms with van der Waals surface area (Å²) < 4.78 is 0. The van der Waals surface area contributed by atoms with E-state index >= 15 is 0 Å². The highest BCUT2D eigenvalue weighted by Gasteiger charge is 2.14. The number of hydrogen-bond donors (Lipinski definition) is 2. The molecule has 22 heavy (non-hydrogen) atoms. The number of nitrogens with zero attached hydrogens (tertiary/aromatic N) is 1. The number of hydrogen-bond acceptors (Lipinski definition) is 3. The molecule has 0 atom stereocenters. The lowest BCUT2D eigenvalue weighted by atomic mass is 9.93. The molecule has 5 heteroatoms. The van der Waals surface area contributed by atoms with Gasteiger partial charge in [-0.3, -0.25) is 9.59 Å². The molecule has 1 fully saturated rings. The lowest BCUT2D eigenvalue weighted by Gasteiger charge is -2.22. The van der Waals surface area contributed by atoms with Crippen molar-refractivity contribution in [3.05, 3.63) is 29.8 Å². The van der Waals surface area contributed by atoms with Gasteiger partial charge in [0, 0.05) is 31.8 Å². The van der Waals surface area contributed by atoms with Crippen LogP contribution in [-0.2, 0) is 4.79 Å². The quantitative estimate of drug-likeness (QED) is 0.876. The maximum atomic E-state index is 12.0. The SMILES string of the molecule is CN(C)C(=O)c1ccc(NC(=O)CCC2CCNCC2)cc1. The second-order valence-electron chi connectivity index (χ2n) is 6.06. The van der Waals surface area contributed by atoms with E-state index in [2.05, 4.69) is 10.6 Å². The first kappa shape index (κ1) is 16.5. The van der Waals surface area contributed by atoms with Crippen molar-refractivity contribution in [3.63, 3.8) is 0 Å². The molecular weight excluding hydrogens is 278 g/mol. The van der Waals surface area contributed by atoms with Crippen LogP contribution >= 0.6 is 0 Å². The average Bonchev–Trinajstić information content (AvgIpc) is 2.54. The predicted octanol–water partition coefficient (Wildman–Crippen LogP) is 2.11. The molecule has 1 aromatic carbocycles. The first-order valence-electron chi connectivity index (χ1n) is 7.88. The topological polar surface area (TPSA) is 61.4 Å². The fourth-order valence-corrected chi connectivity index (χ4v) is 2.68. The molecule has 0 aliphatic carbocycles. The van der Waals surface area contributed by atoms with E-state index in [1.165, 1.54) is 4.90 Å². The van der Waals surface area contributed by atoms with Gasteiger partial charge in [0.25, 0.3) is 5.91 Å². The molecule has 2 N–H and O–H groups in total. The van der Waals surface area contributed by atoms with Gasteiger partial charge < -0.3 is 15.5 Å². The summed E-state index contributed by atoms with van der Waals surface area (Å²) in [7, 11) is 3.44. The van der Waals surface area contributed by atoms with Crippen molar-refractivity contribution in [1.29, 1.82) is 0 Å². The Morgan fingerprint density at radius 1 is 1.18 bits per heavy atom. The normalized spacial score (nSPS) is 15.4. The fourth-order valence-electron chi connectivity index (χ4n) is 2.68. The molecule has 2 amide bonds. The van der Waals surface area contributed by atoms with Gasteiger partial charge in [-0.15, -0.1) is 0 Å². The van der Waals surface area contributed by atoms with Crippen molar-refractivity contribution in [3.8, 4) is 0 Å². The zero-order valence-electron chi connectivity index (χ0n) is 13.4. The molecule has 1 heterocycles. The molecule has 0 aromatic heterocycles. The smallest absolute Gasteiger partial charge is 0.253 e. The Morgan fingerprint density at radius 3 is 2.41 bits per heavy atom. The highest BCUT2D eigenvalue weighted by Crippen LogP contribution is 2.18. The maximum absolute atomic E-state index is 12.0. The standard InChI is InChI=1S/C17H25N3O2/c1-20(2)17(22)14-4-6-15(7-5-14)19-16(21)8-3-13-9-11-18-12-10-13/h4-7,13,18H,3,8-12H2,1-2H3,(H,19,21). The Balaban J connectivity index is 1.80. The number of amides is 2. The van der Waals surface area contributed by atoms with Gasteiger partial charge in [0.15, 0.2) is 0 Å². The summed E-state index contributed by atoms with van der Waals surface area (Å²) in [5.74, 6) is 0.668. The minimum atomic E-state index is -0.0382. The zero-order valence-corrected chi connectivity index (χ0v) is 13.4. The Bertz CT molecular complexity index is 505. The van der Waals surface area contributed by atoms with E-state index in [1.807, 2.05) is 0 Å². The summed E-state index contributed by atoms with van der Waals surface area (Å²) in [5.41, 5.74) is 1.36. The summed E-state index contributed by atoms with van der Waals surface area (Å²) in [6.45, 7) is 2.13. The highest BCUT2D eigenvalue weighted by atomic mass is 16.2. The van der Waals surface area contributed by atoms with E-state index in [1.54, 1.807) is 38.4 Å². The molecule has 5 nitrogen and oxygen atoms in total. The summed E-state index contributed by atoms with van der Waals surface area (Å²) in [6.07, 6.45) is 3.83. The summed E-state index contributed by atoms with van der Waals surface area (Å²) in [5, 5.41) is 6.23. The molecule has 0 bridgehead atoms. The van der Waals surface area contributed by atoms with E-state index in [0.717, 1.165) is 38.0 Å². The molecule has 120 valence electrons. The van der Waals surface area contributed by atoms with Crippen LogP contribution in [0.5, 0.6) is 0 Å². The fraction of sp³-hybridized carbons (Fsp3) is 0.529. The molecule has 2 rings (SSSR count). The molecular formula is C17H25N3O2. The van der Waals surface area contributed by atoms with Crippen LogP contribution in [0.4, 0.5) is 5.69 Å². The molecule has 0 spiro atoms. The molecule has 1 aliphatic rings. The van der Waals surface area contributed by atoms with Gasteiger partial charge in [0.05, 0.1) is 0 Å². The minimum Gasteiger partial charge on any atom is -0.345 e. The maximum Gasteiger partial charge on any atom is 0.253 e. The number of rotatable bonds is 5. The van der Waals surface area contributed by atoms with Crippen molar-refractivity contribution >= 4 is 17.5 Å². The van der Waals surface area contributed by atoms with Crippen LogP contribution in [0.1, 0.15) is 36.0 Å². The molecule has 1 aliphatic heterocycles. The van der Waals surface area contributed by atoms with Crippen molar-refractivity contribution in [2.24, 2.45) is 5.92 Å². The Labute approximate surface area is 132 Å². The van der Waals surface area contributed by atoms with Gasteiger partial charge in [-0.25, -0.2) is 0 Å². The lowest BCUT2D eigenvalue weighted by molar-refractivity contribution is -0.116. The Hall–Kier alpha value is -1.88. The van der Waals surface area contributed by atoms with Crippen LogP contribution in [0.25, 0.3) is 0 Å². The average molecular weight is 303 g/mol. The van der Waals surface area contributed by atoms with Gasteiger partial charge in [-0.2, -0.15) is 0 Å². The Kier molecular flexibility index (Phi) is 5.95. The number of piperidine rings is 1. The molecule has 0 unspecified atom stereocenters. The second kappa shape index (κ2) is 7.94. The van der Waals surface area contributed by atoms with Crippen LogP contribution in [0.3, 0.4) is 0 Å². The Morgan fingerprint density at radius 2 is 1.82 bits per heavy atom. The van der Waals surface area contributed by atoms with Gasteiger partial charge in [-0.05, 0) is 62.5 Å². The third-order valence-electron chi connectivity index (χ3n) is 4.06. The van der Waals surface area contributed by atoms with E-state index < -0.39 is 0 Å². The molecule has 1 aromatic rings. The minimum absolute atomic E-state index is 0.0382. The van der Waals surface area contributed by atoms with Crippen molar-refractivity contribution in [2.75, 3.05) is 32.5 Å². The first-order valence-corrected chi connectivity index (χ1v) is 7.88. The van der Waals surface area contributed by atoms with E-state index in [4.69, 9.17) is 0 Å². The largest absolute Gasteiger partial charge is 0.345 e. The number of carbonyl (C=O) groups excluding carboxylic acids is 2. The summed E-state index contributed by atoms with van der Waals surface area (Å²) >= 11 is 0. The lowest BCUT2D eigenvalue weighted by Crippen LogP contribution is -2.28. The summed E-state index contributed by atoms with van der Waals surface area (Å²) in [6, 6.07) is 7.04. The summed E-state index contributed by atoms with van der Waals surface area (Å²) in [4.78, 5) is 25.3. The van der Waals surface area contributed by atoms with Crippen molar-refractivity contribution in [1.82, 2.24) is 10.2 Å². The second-order valence-corrected chi connectivity index (χ2v) is 6.06. The van der Waals surface area contributed by atoms with E-state index in [9.17, 15) is 9.59 Å². The van der Waals surface area contributed by atoms with Gasteiger partial charge >= 0.3 is 0 Å². The first-order chi connectivity index (χ1) is 10.6. The van der Waals surface area contributed by atoms with Crippen molar-refractivity contribution in [2.45, 2.75) is 25.7 Å². The third-order valence-corrected chi connectivity index (χ3v) is 4.06. The predicted molar refractivity (Wildman–Crippen MR) is 87.9 cm³/mol. The molecule has 1 saturated heterocycles. The van der Waals surface area contributed by atoms with E-state index in [-0.39, 0.29) is 11.8 Å². The third kappa shape index (κ3) is 4.84. The molecule has 0 saturated carbocycles.